The van der Waals surface area contributed by atoms with Crippen molar-refractivity contribution < 1.29 is 0 Å². The molecular weight excluding hydrogens is 554 g/mol. The lowest BCUT2D eigenvalue weighted by atomic mass is 9.07. The summed E-state index contributed by atoms with van der Waals surface area (Å²) < 4.78 is 1.17. The van der Waals surface area contributed by atoms with E-state index >= 15 is 0 Å². The number of benzene rings is 4. The van der Waals surface area contributed by atoms with Crippen LogP contribution in [0.25, 0.3) is 34.2 Å². The van der Waals surface area contributed by atoms with Crippen LogP contribution in [0.3, 0.4) is 0 Å². The third-order valence-electron chi connectivity index (χ3n) is 11.0. The highest BCUT2D eigenvalue weighted by molar-refractivity contribution is 9.10. The fourth-order valence-corrected chi connectivity index (χ4v) is 9.99. The molecular formula is C36H28BrN3. The van der Waals surface area contributed by atoms with E-state index < -0.39 is 0 Å². The largest absolute Gasteiger partial charge is 0.208 e. The van der Waals surface area contributed by atoms with Gasteiger partial charge < -0.3 is 0 Å². The van der Waals surface area contributed by atoms with Crippen molar-refractivity contribution in [1.29, 1.82) is 0 Å². The lowest BCUT2D eigenvalue weighted by Gasteiger charge is -2.96. The maximum absolute atomic E-state index is 4.94. The minimum Gasteiger partial charge on any atom is -0.208 e. The second-order valence-corrected chi connectivity index (χ2v) is 13.3. The summed E-state index contributed by atoms with van der Waals surface area (Å²) in [5.41, 5.74) is 7.35. The molecule has 40 heavy (non-hydrogen) atoms. The summed E-state index contributed by atoms with van der Waals surface area (Å²) >= 11 is 3.64. The van der Waals surface area contributed by atoms with Crippen molar-refractivity contribution in [3.05, 3.63) is 125 Å². The van der Waals surface area contributed by atoms with Crippen molar-refractivity contribution >= 4 is 15.9 Å². The summed E-state index contributed by atoms with van der Waals surface area (Å²) in [7, 11) is 0. The van der Waals surface area contributed by atoms with E-state index in [9.17, 15) is 0 Å². The predicted octanol–water partition coefficient (Wildman–Crippen LogP) is 8.64. The van der Waals surface area contributed by atoms with Crippen LogP contribution in [0.1, 0.15) is 36.8 Å². The molecule has 4 heteroatoms. The average molecular weight is 583 g/mol. The van der Waals surface area contributed by atoms with Gasteiger partial charge in [0.2, 0.25) is 0 Å². The van der Waals surface area contributed by atoms with Crippen LogP contribution >= 0.6 is 15.9 Å². The Morgan fingerprint density at radius 3 is 1.40 bits per heavy atom. The molecule has 0 saturated heterocycles. The molecule has 0 bridgehead atoms. The lowest BCUT2D eigenvalue weighted by Crippen LogP contribution is -2.93. The Labute approximate surface area is 242 Å². The standard InChI is InChI=1S/C36H28BrN3/c37-30-17-15-27(16-18-30)35-21-29-19-28-20-34(22-35,36(28,29)35)26-13-11-25(12-14-26)33-39-31(23-7-3-1-4-8-23)38-32(40-33)24-9-5-2-6-10-24/h1-18,28-29H,19-22H2. The fourth-order valence-electron chi connectivity index (χ4n) is 9.72. The van der Waals surface area contributed by atoms with Gasteiger partial charge in [-0.1, -0.05) is 113 Å². The summed E-state index contributed by atoms with van der Waals surface area (Å²) in [5, 5.41) is 0. The van der Waals surface area contributed by atoms with Crippen LogP contribution in [0.5, 0.6) is 0 Å². The monoisotopic (exact) mass is 581 g/mol. The van der Waals surface area contributed by atoms with Crippen molar-refractivity contribution in [2.24, 2.45) is 17.3 Å². The van der Waals surface area contributed by atoms with E-state index in [0.717, 1.165) is 34.4 Å². The van der Waals surface area contributed by atoms with E-state index in [-0.39, 0.29) is 0 Å². The highest BCUT2D eigenvalue weighted by Gasteiger charge is 2.93. The molecule has 4 aliphatic rings. The molecule has 4 saturated carbocycles. The number of hydrogen-bond acceptors (Lipinski definition) is 3. The van der Waals surface area contributed by atoms with Crippen LogP contribution < -0.4 is 0 Å². The average Bonchev–Trinajstić information content (AvgIpc) is 2.97. The molecule has 0 radical (unpaired) electrons. The second kappa shape index (κ2) is 7.98. The molecule has 4 fully saturated rings. The van der Waals surface area contributed by atoms with Crippen molar-refractivity contribution in [1.82, 2.24) is 15.0 Å². The zero-order chi connectivity index (χ0) is 26.5. The molecule has 0 amide bonds. The summed E-state index contributed by atoms with van der Waals surface area (Å²) in [6, 6.07) is 38.9. The Bertz CT molecular complexity index is 1710. The molecule has 194 valence electrons. The first-order chi connectivity index (χ1) is 19.6. The second-order valence-electron chi connectivity index (χ2n) is 12.4. The first-order valence-corrected chi connectivity index (χ1v) is 15.2. The van der Waals surface area contributed by atoms with Crippen molar-refractivity contribution in [3.8, 4) is 34.2 Å². The summed E-state index contributed by atoms with van der Waals surface area (Å²) in [5.74, 6) is 3.93. The smallest absolute Gasteiger partial charge is 0.164 e. The van der Waals surface area contributed by atoms with Gasteiger partial charge in [0.05, 0.1) is 0 Å². The van der Waals surface area contributed by atoms with Crippen LogP contribution in [-0.2, 0) is 10.8 Å². The van der Waals surface area contributed by atoms with Crippen molar-refractivity contribution in [2.75, 3.05) is 0 Å². The zero-order valence-electron chi connectivity index (χ0n) is 22.1. The van der Waals surface area contributed by atoms with Gasteiger partial charge >= 0.3 is 0 Å². The van der Waals surface area contributed by atoms with Gasteiger partial charge in [-0.25, -0.2) is 15.0 Å². The number of nitrogens with zero attached hydrogens (tertiary/aromatic N) is 3. The molecule has 4 aliphatic carbocycles. The number of rotatable bonds is 5. The Kier molecular flexibility index (Phi) is 4.61. The van der Waals surface area contributed by atoms with Gasteiger partial charge in [-0.15, -0.1) is 0 Å². The first kappa shape index (κ1) is 23.1. The third-order valence-corrected chi connectivity index (χ3v) is 11.6. The molecule has 5 aromatic rings. The molecule has 1 aromatic heterocycles. The number of aromatic nitrogens is 3. The van der Waals surface area contributed by atoms with E-state index in [1.54, 1.807) is 5.56 Å². The van der Waals surface area contributed by atoms with Gasteiger partial charge in [-0.2, -0.15) is 0 Å². The van der Waals surface area contributed by atoms with Crippen LogP contribution in [0.15, 0.2) is 114 Å². The third kappa shape index (κ3) is 2.73. The first-order valence-electron chi connectivity index (χ1n) is 14.4. The van der Waals surface area contributed by atoms with E-state index in [2.05, 4.69) is 88.7 Å². The minimum absolute atomic E-state index is 0.341. The van der Waals surface area contributed by atoms with Gasteiger partial charge in [0, 0.05) is 32.0 Å². The number of hydrogen-bond donors (Lipinski definition) is 0. The fraction of sp³-hybridized carbons (Fsp3) is 0.250. The van der Waals surface area contributed by atoms with Crippen molar-refractivity contribution in [3.63, 3.8) is 0 Å². The van der Waals surface area contributed by atoms with Crippen LogP contribution in [0, 0.1) is 17.3 Å². The van der Waals surface area contributed by atoms with Gasteiger partial charge in [-0.3, -0.25) is 0 Å². The molecule has 5 atom stereocenters. The van der Waals surface area contributed by atoms with Crippen LogP contribution in [-0.4, -0.2) is 15.0 Å². The van der Waals surface area contributed by atoms with Crippen LogP contribution in [0.2, 0.25) is 0 Å². The van der Waals surface area contributed by atoms with Crippen LogP contribution in [0.4, 0.5) is 0 Å². The van der Waals surface area contributed by atoms with Gasteiger partial charge in [0.25, 0.3) is 0 Å². The topological polar surface area (TPSA) is 38.7 Å². The molecule has 4 aromatic carbocycles. The minimum atomic E-state index is 0.341. The zero-order valence-corrected chi connectivity index (χ0v) is 23.7. The molecule has 9 rings (SSSR count). The summed E-state index contributed by atoms with van der Waals surface area (Å²) in [4.78, 5) is 14.7. The normalized spacial score (nSPS) is 30.5. The van der Waals surface area contributed by atoms with Gasteiger partial charge in [0.1, 0.15) is 0 Å². The van der Waals surface area contributed by atoms with E-state index in [1.165, 1.54) is 35.7 Å². The molecule has 0 N–H and O–H groups in total. The molecule has 0 aliphatic heterocycles. The molecule has 5 unspecified atom stereocenters. The van der Waals surface area contributed by atoms with E-state index in [0.29, 0.717) is 27.9 Å². The Morgan fingerprint density at radius 2 is 0.950 bits per heavy atom. The highest BCUT2D eigenvalue weighted by Crippen LogP contribution is 2.97. The quantitative estimate of drug-likeness (QED) is 0.208. The van der Waals surface area contributed by atoms with Crippen molar-refractivity contribution in [2.45, 2.75) is 36.5 Å². The Morgan fingerprint density at radius 1 is 0.525 bits per heavy atom. The number of halogens is 1. The highest BCUT2D eigenvalue weighted by atomic mass is 79.9. The SMILES string of the molecule is Brc1ccc(C23CC4CC5CC(c6ccc(-c7nc(-c8ccccc8)nc(-c8ccccc8)n7)cc6)(C2)C453)cc1. The van der Waals surface area contributed by atoms with Gasteiger partial charge in [0.15, 0.2) is 17.5 Å². The van der Waals surface area contributed by atoms with Gasteiger partial charge in [-0.05, 0) is 66.2 Å². The molecule has 1 spiro atoms. The summed E-state index contributed by atoms with van der Waals surface area (Å²) in [6.45, 7) is 0. The Balaban J connectivity index is 1.09. The maximum atomic E-state index is 4.94. The Hall–Kier alpha value is -3.63. The molecule has 3 nitrogen and oxygen atoms in total. The lowest BCUT2D eigenvalue weighted by molar-refractivity contribution is -0.412. The molecule has 1 heterocycles. The van der Waals surface area contributed by atoms with E-state index in [4.69, 9.17) is 15.0 Å². The maximum Gasteiger partial charge on any atom is 0.164 e. The van der Waals surface area contributed by atoms with E-state index in [1.807, 2.05) is 36.4 Å². The summed E-state index contributed by atoms with van der Waals surface area (Å²) in [6.07, 6.45) is 5.45. The predicted molar refractivity (Wildman–Crippen MR) is 162 cm³/mol.